The fourth-order valence-electron chi connectivity index (χ4n) is 2.35. The summed E-state index contributed by atoms with van der Waals surface area (Å²) < 4.78 is 27.8. The van der Waals surface area contributed by atoms with Gasteiger partial charge in [-0.1, -0.05) is 40.0 Å². The molecule has 0 heterocycles. The van der Waals surface area contributed by atoms with Gasteiger partial charge in [-0.15, -0.1) is 0 Å². The van der Waals surface area contributed by atoms with Gasteiger partial charge in [-0.25, -0.2) is 13.1 Å². The van der Waals surface area contributed by atoms with Crippen molar-refractivity contribution in [3.05, 3.63) is 58.6 Å². The Balaban J connectivity index is 1.63. The standard InChI is InChI=1S/C19H23BrN2O3S/c1-15-6-12-18(13-7-15)26(24,25)21-14-4-2-3-5-19(23)22-17-10-8-16(20)9-11-17/h6-13,21H,2-5,14H2,1H3,(H,22,23). The first-order valence-electron chi connectivity index (χ1n) is 8.48. The van der Waals surface area contributed by atoms with Crippen LogP contribution in [0.15, 0.2) is 57.9 Å². The molecule has 0 bridgehead atoms. The Morgan fingerprint density at radius 1 is 0.962 bits per heavy atom. The number of nitrogens with one attached hydrogen (secondary N) is 2. The van der Waals surface area contributed by atoms with E-state index >= 15 is 0 Å². The lowest BCUT2D eigenvalue weighted by molar-refractivity contribution is -0.116. The summed E-state index contributed by atoms with van der Waals surface area (Å²) in [6, 6.07) is 14.2. The van der Waals surface area contributed by atoms with E-state index in [2.05, 4.69) is 26.0 Å². The summed E-state index contributed by atoms with van der Waals surface area (Å²) in [5.74, 6) is -0.0347. The van der Waals surface area contributed by atoms with E-state index in [9.17, 15) is 13.2 Å². The van der Waals surface area contributed by atoms with E-state index in [1.807, 2.05) is 31.2 Å². The summed E-state index contributed by atoms with van der Waals surface area (Å²) in [5.41, 5.74) is 1.79. The second-order valence-electron chi connectivity index (χ2n) is 6.08. The van der Waals surface area contributed by atoms with Crippen LogP contribution in [0.5, 0.6) is 0 Å². The summed E-state index contributed by atoms with van der Waals surface area (Å²) in [7, 11) is -3.46. The Labute approximate surface area is 163 Å². The molecule has 2 rings (SSSR count). The highest BCUT2D eigenvalue weighted by Crippen LogP contribution is 2.15. The maximum Gasteiger partial charge on any atom is 0.240 e. The number of amides is 1. The molecule has 5 nitrogen and oxygen atoms in total. The van der Waals surface area contributed by atoms with Crippen molar-refractivity contribution < 1.29 is 13.2 Å². The number of hydrogen-bond donors (Lipinski definition) is 2. The van der Waals surface area contributed by atoms with Gasteiger partial charge in [0.25, 0.3) is 0 Å². The molecule has 0 unspecified atom stereocenters. The van der Waals surface area contributed by atoms with Crippen LogP contribution in [0.1, 0.15) is 31.2 Å². The van der Waals surface area contributed by atoms with Crippen LogP contribution in [0.25, 0.3) is 0 Å². The van der Waals surface area contributed by atoms with Crippen LogP contribution in [0, 0.1) is 6.92 Å². The molecule has 0 radical (unpaired) electrons. The molecule has 0 aliphatic carbocycles. The van der Waals surface area contributed by atoms with Crippen molar-refractivity contribution in [2.75, 3.05) is 11.9 Å². The molecule has 0 aliphatic heterocycles. The highest BCUT2D eigenvalue weighted by atomic mass is 79.9. The fourth-order valence-corrected chi connectivity index (χ4v) is 3.69. The van der Waals surface area contributed by atoms with Crippen molar-refractivity contribution in [2.24, 2.45) is 0 Å². The molecule has 2 aromatic carbocycles. The average molecular weight is 439 g/mol. The first kappa shape index (κ1) is 20.6. The van der Waals surface area contributed by atoms with Crippen molar-refractivity contribution in [3.63, 3.8) is 0 Å². The molecule has 0 spiro atoms. The molecule has 2 aromatic rings. The highest BCUT2D eigenvalue weighted by Gasteiger charge is 2.12. The Bertz CT molecular complexity index is 819. The maximum atomic E-state index is 12.1. The van der Waals surface area contributed by atoms with Crippen molar-refractivity contribution in [1.82, 2.24) is 4.72 Å². The molecule has 0 saturated carbocycles. The lowest BCUT2D eigenvalue weighted by Gasteiger charge is -2.07. The van der Waals surface area contributed by atoms with E-state index in [1.165, 1.54) is 0 Å². The third-order valence-corrected chi connectivity index (χ3v) is 5.84. The van der Waals surface area contributed by atoms with E-state index in [4.69, 9.17) is 0 Å². The van der Waals surface area contributed by atoms with Crippen LogP contribution < -0.4 is 10.0 Å². The Morgan fingerprint density at radius 2 is 1.62 bits per heavy atom. The van der Waals surface area contributed by atoms with Crippen LogP contribution in [0.2, 0.25) is 0 Å². The van der Waals surface area contributed by atoms with Gasteiger partial charge in [-0.2, -0.15) is 0 Å². The van der Waals surface area contributed by atoms with Gasteiger partial charge in [-0.3, -0.25) is 4.79 Å². The SMILES string of the molecule is Cc1ccc(S(=O)(=O)NCCCCCC(=O)Nc2ccc(Br)cc2)cc1. The summed E-state index contributed by atoms with van der Waals surface area (Å²) in [5, 5.41) is 2.84. The molecule has 1 amide bonds. The van der Waals surface area contributed by atoms with Crippen molar-refractivity contribution in [3.8, 4) is 0 Å². The van der Waals surface area contributed by atoms with Crippen molar-refractivity contribution in [1.29, 1.82) is 0 Å². The number of benzene rings is 2. The first-order valence-corrected chi connectivity index (χ1v) is 10.8. The molecule has 26 heavy (non-hydrogen) atoms. The molecule has 140 valence electrons. The zero-order chi connectivity index (χ0) is 19.0. The summed E-state index contributed by atoms with van der Waals surface area (Å²) >= 11 is 3.35. The zero-order valence-electron chi connectivity index (χ0n) is 14.7. The topological polar surface area (TPSA) is 75.3 Å². The fraction of sp³-hybridized carbons (Fsp3) is 0.316. The third kappa shape index (κ3) is 6.90. The summed E-state index contributed by atoms with van der Waals surface area (Å²) in [6.45, 7) is 2.28. The molecular formula is C19H23BrN2O3S. The average Bonchev–Trinajstić information content (AvgIpc) is 2.60. The van der Waals surface area contributed by atoms with E-state index < -0.39 is 10.0 Å². The maximum absolute atomic E-state index is 12.1. The second-order valence-corrected chi connectivity index (χ2v) is 8.76. The van der Waals surface area contributed by atoms with Gasteiger partial charge >= 0.3 is 0 Å². The zero-order valence-corrected chi connectivity index (χ0v) is 17.1. The molecule has 7 heteroatoms. The molecule has 0 aromatic heterocycles. The van der Waals surface area contributed by atoms with Gasteiger partial charge in [0.1, 0.15) is 0 Å². The van der Waals surface area contributed by atoms with Crippen LogP contribution in [0.3, 0.4) is 0 Å². The number of sulfonamides is 1. The van der Waals surface area contributed by atoms with Crippen LogP contribution in [-0.4, -0.2) is 20.9 Å². The van der Waals surface area contributed by atoms with Crippen molar-refractivity contribution in [2.45, 2.75) is 37.5 Å². The van der Waals surface area contributed by atoms with Gasteiger partial charge < -0.3 is 5.32 Å². The number of hydrogen-bond acceptors (Lipinski definition) is 3. The van der Waals surface area contributed by atoms with Crippen molar-refractivity contribution >= 4 is 37.5 Å². The predicted octanol–water partition coefficient (Wildman–Crippen LogP) is 4.23. The number of carbonyl (C=O) groups excluding carboxylic acids is 1. The van der Waals surface area contributed by atoms with Crippen LogP contribution in [0.4, 0.5) is 5.69 Å². The smallest absolute Gasteiger partial charge is 0.240 e. The summed E-state index contributed by atoms with van der Waals surface area (Å²) in [6.07, 6.45) is 2.61. The van der Waals surface area contributed by atoms with E-state index in [0.29, 0.717) is 25.8 Å². The summed E-state index contributed by atoms with van der Waals surface area (Å²) in [4.78, 5) is 12.1. The number of anilines is 1. The van der Waals surface area contributed by atoms with Crippen LogP contribution in [-0.2, 0) is 14.8 Å². The first-order chi connectivity index (χ1) is 12.4. The molecule has 0 atom stereocenters. The Hall–Kier alpha value is -1.70. The number of carbonyl (C=O) groups is 1. The van der Waals surface area contributed by atoms with E-state index in [-0.39, 0.29) is 10.8 Å². The number of unbranched alkanes of at least 4 members (excludes halogenated alkanes) is 2. The minimum atomic E-state index is -3.46. The predicted molar refractivity (Wildman–Crippen MR) is 108 cm³/mol. The van der Waals surface area contributed by atoms with Crippen LogP contribution >= 0.6 is 15.9 Å². The molecule has 0 fully saturated rings. The largest absolute Gasteiger partial charge is 0.326 e. The second kappa shape index (κ2) is 9.85. The monoisotopic (exact) mass is 438 g/mol. The normalized spacial score (nSPS) is 11.3. The van der Waals surface area contributed by atoms with Gasteiger partial charge in [-0.05, 0) is 56.2 Å². The number of aryl methyl sites for hydroxylation is 1. The minimum absolute atomic E-state index is 0.0347. The van der Waals surface area contributed by atoms with E-state index in [0.717, 1.165) is 22.1 Å². The van der Waals surface area contributed by atoms with Gasteiger partial charge in [0, 0.05) is 23.1 Å². The Morgan fingerprint density at radius 3 is 2.27 bits per heavy atom. The molecule has 0 saturated heterocycles. The molecule has 2 N–H and O–H groups in total. The Kier molecular flexibility index (Phi) is 7.81. The molecular weight excluding hydrogens is 416 g/mol. The quantitative estimate of drug-likeness (QED) is 0.574. The van der Waals surface area contributed by atoms with Gasteiger partial charge in [0.05, 0.1) is 4.90 Å². The number of rotatable bonds is 9. The number of halogens is 1. The lowest BCUT2D eigenvalue weighted by Crippen LogP contribution is -2.24. The van der Waals surface area contributed by atoms with Gasteiger partial charge in [0.15, 0.2) is 0 Å². The minimum Gasteiger partial charge on any atom is -0.326 e. The molecule has 0 aliphatic rings. The lowest BCUT2D eigenvalue weighted by atomic mass is 10.2. The third-order valence-electron chi connectivity index (χ3n) is 3.83. The van der Waals surface area contributed by atoms with E-state index in [1.54, 1.807) is 24.3 Å². The van der Waals surface area contributed by atoms with Gasteiger partial charge in [0.2, 0.25) is 15.9 Å². The highest BCUT2D eigenvalue weighted by molar-refractivity contribution is 9.10.